The summed E-state index contributed by atoms with van der Waals surface area (Å²) in [6.45, 7) is 14.4. The molecule has 0 aromatic carbocycles. The third kappa shape index (κ3) is 3.76. The SMILES string of the molecule is C=CC[Si](CC=C)(CC=C)CN1CCCC1. The molecule has 0 atom stereocenters. The van der Waals surface area contributed by atoms with Crippen LogP contribution in [0.2, 0.25) is 18.1 Å². The van der Waals surface area contributed by atoms with Crippen LogP contribution < -0.4 is 0 Å². The summed E-state index contributed by atoms with van der Waals surface area (Å²) >= 11 is 0. The lowest BCUT2D eigenvalue weighted by Gasteiger charge is -2.33. The monoisotopic (exact) mass is 235 g/mol. The number of hydrogen-bond acceptors (Lipinski definition) is 1. The van der Waals surface area contributed by atoms with E-state index in [4.69, 9.17) is 0 Å². The zero-order chi connectivity index (χ0) is 11.9. The smallest absolute Gasteiger partial charge is 0.0800 e. The topological polar surface area (TPSA) is 3.24 Å². The Bertz CT molecular complexity index is 215. The van der Waals surface area contributed by atoms with Gasteiger partial charge in [-0.15, -0.1) is 19.7 Å². The number of allylic oxidation sites excluding steroid dienone is 3. The summed E-state index contributed by atoms with van der Waals surface area (Å²) in [7, 11) is -1.29. The largest absolute Gasteiger partial charge is 0.306 e. The summed E-state index contributed by atoms with van der Waals surface area (Å²) in [5.41, 5.74) is 0. The summed E-state index contributed by atoms with van der Waals surface area (Å²) in [5, 5.41) is 0. The average Bonchev–Trinajstić information content (AvgIpc) is 2.71. The fourth-order valence-electron chi connectivity index (χ4n) is 2.78. The summed E-state index contributed by atoms with van der Waals surface area (Å²) in [6.07, 6.45) is 10.4. The van der Waals surface area contributed by atoms with E-state index in [1.807, 2.05) is 0 Å². The lowest BCUT2D eigenvalue weighted by atomic mass is 10.4. The maximum absolute atomic E-state index is 3.93. The van der Waals surface area contributed by atoms with Crippen LogP contribution in [0.5, 0.6) is 0 Å². The lowest BCUT2D eigenvalue weighted by Crippen LogP contribution is -2.45. The van der Waals surface area contributed by atoms with Gasteiger partial charge in [-0.25, -0.2) is 0 Å². The highest BCUT2D eigenvalue weighted by atomic mass is 28.3. The van der Waals surface area contributed by atoms with Crippen LogP contribution in [0, 0.1) is 0 Å². The maximum atomic E-state index is 3.93. The number of nitrogens with zero attached hydrogens (tertiary/aromatic N) is 1. The molecule has 1 heterocycles. The van der Waals surface area contributed by atoms with Crippen molar-refractivity contribution in [3.63, 3.8) is 0 Å². The highest BCUT2D eigenvalue weighted by Crippen LogP contribution is 2.25. The first-order chi connectivity index (χ1) is 7.76. The van der Waals surface area contributed by atoms with Crippen LogP contribution in [-0.4, -0.2) is 32.2 Å². The second kappa shape index (κ2) is 6.87. The molecule has 1 rings (SSSR count). The molecule has 0 radical (unpaired) electrons. The number of rotatable bonds is 8. The van der Waals surface area contributed by atoms with Crippen molar-refractivity contribution in [1.82, 2.24) is 4.90 Å². The Labute approximate surface area is 102 Å². The minimum atomic E-state index is -1.29. The van der Waals surface area contributed by atoms with Crippen molar-refractivity contribution in [2.24, 2.45) is 0 Å². The van der Waals surface area contributed by atoms with Crippen molar-refractivity contribution >= 4 is 8.07 Å². The van der Waals surface area contributed by atoms with Crippen molar-refractivity contribution in [2.45, 2.75) is 31.0 Å². The molecule has 90 valence electrons. The maximum Gasteiger partial charge on any atom is 0.0800 e. The summed E-state index contributed by atoms with van der Waals surface area (Å²) in [4.78, 5) is 2.64. The van der Waals surface area contributed by atoms with Gasteiger partial charge in [0.2, 0.25) is 0 Å². The van der Waals surface area contributed by atoms with Crippen LogP contribution >= 0.6 is 0 Å². The van der Waals surface area contributed by atoms with Crippen LogP contribution in [0.25, 0.3) is 0 Å². The fourth-order valence-corrected chi connectivity index (χ4v) is 6.77. The average molecular weight is 235 g/mol. The molecule has 0 bridgehead atoms. The lowest BCUT2D eigenvalue weighted by molar-refractivity contribution is 0.387. The van der Waals surface area contributed by atoms with E-state index in [9.17, 15) is 0 Å². The molecule has 0 spiro atoms. The molecule has 0 N–H and O–H groups in total. The zero-order valence-corrected chi connectivity index (χ0v) is 11.5. The van der Waals surface area contributed by atoms with E-state index in [0.29, 0.717) is 0 Å². The second-order valence-corrected chi connectivity index (χ2v) is 9.50. The molecule has 0 saturated carbocycles. The van der Waals surface area contributed by atoms with Crippen LogP contribution in [0.15, 0.2) is 38.0 Å². The van der Waals surface area contributed by atoms with Crippen LogP contribution in [0.1, 0.15) is 12.8 Å². The summed E-state index contributed by atoms with van der Waals surface area (Å²) in [6, 6.07) is 3.59. The minimum absolute atomic E-state index is 1.20. The van der Waals surface area contributed by atoms with E-state index in [-0.39, 0.29) is 0 Å². The van der Waals surface area contributed by atoms with E-state index in [0.717, 1.165) is 0 Å². The highest BCUT2D eigenvalue weighted by Gasteiger charge is 2.31. The molecule has 0 aliphatic carbocycles. The Balaban J connectivity index is 2.67. The standard InChI is InChI=1S/C14H25NSi/c1-4-11-16(12-5-2,13-6-3)14-15-9-7-8-10-15/h4-6H,1-3,7-14H2. The van der Waals surface area contributed by atoms with Crippen molar-refractivity contribution in [3.8, 4) is 0 Å². The van der Waals surface area contributed by atoms with Gasteiger partial charge >= 0.3 is 0 Å². The molecular weight excluding hydrogens is 210 g/mol. The van der Waals surface area contributed by atoms with Crippen LogP contribution in [0.3, 0.4) is 0 Å². The predicted molar refractivity (Wildman–Crippen MR) is 76.4 cm³/mol. The molecule has 1 fully saturated rings. The van der Waals surface area contributed by atoms with Crippen LogP contribution in [0.4, 0.5) is 0 Å². The Morgan fingerprint density at radius 3 is 1.69 bits per heavy atom. The van der Waals surface area contributed by atoms with Crippen molar-refractivity contribution in [2.75, 3.05) is 19.3 Å². The number of hydrogen-bond donors (Lipinski definition) is 0. The Morgan fingerprint density at radius 2 is 1.31 bits per heavy atom. The molecule has 0 unspecified atom stereocenters. The first kappa shape index (κ1) is 13.5. The highest BCUT2D eigenvalue weighted by molar-refractivity contribution is 6.81. The van der Waals surface area contributed by atoms with Gasteiger partial charge in [-0.1, -0.05) is 18.2 Å². The molecule has 0 aromatic heterocycles. The van der Waals surface area contributed by atoms with Crippen molar-refractivity contribution in [1.29, 1.82) is 0 Å². The van der Waals surface area contributed by atoms with E-state index in [2.05, 4.69) is 42.9 Å². The van der Waals surface area contributed by atoms with Crippen LogP contribution in [-0.2, 0) is 0 Å². The molecular formula is C14H25NSi. The normalized spacial score (nSPS) is 17.2. The molecule has 1 saturated heterocycles. The first-order valence-corrected chi connectivity index (χ1v) is 9.14. The Kier molecular flexibility index (Phi) is 5.78. The molecule has 2 heteroatoms. The van der Waals surface area contributed by atoms with Gasteiger partial charge in [0.05, 0.1) is 8.07 Å². The Morgan fingerprint density at radius 1 is 0.875 bits per heavy atom. The summed E-state index contributed by atoms with van der Waals surface area (Å²) < 4.78 is 0. The third-order valence-corrected chi connectivity index (χ3v) is 8.07. The van der Waals surface area contributed by atoms with E-state index in [1.54, 1.807) is 0 Å². The molecule has 1 nitrogen and oxygen atoms in total. The van der Waals surface area contributed by atoms with E-state index < -0.39 is 8.07 Å². The van der Waals surface area contributed by atoms with Gasteiger partial charge in [-0.2, -0.15) is 0 Å². The predicted octanol–water partition coefficient (Wildman–Crippen LogP) is 3.63. The Hall–Kier alpha value is -0.603. The van der Waals surface area contributed by atoms with Gasteiger partial charge in [0, 0.05) is 0 Å². The van der Waals surface area contributed by atoms with Gasteiger partial charge in [0.15, 0.2) is 0 Å². The molecule has 1 aliphatic heterocycles. The quantitative estimate of drug-likeness (QED) is 0.459. The second-order valence-electron chi connectivity index (χ2n) is 4.96. The van der Waals surface area contributed by atoms with Crippen molar-refractivity contribution < 1.29 is 0 Å². The third-order valence-electron chi connectivity index (χ3n) is 3.49. The summed E-state index contributed by atoms with van der Waals surface area (Å²) in [5.74, 6) is 0. The van der Waals surface area contributed by atoms with Gasteiger partial charge in [-0.05, 0) is 50.2 Å². The van der Waals surface area contributed by atoms with E-state index in [1.165, 1.54) is 50.2 Å². The molecule has 0 aromatic rings. The van der Waals surface area contributed by atoms with E-state index >= 15 is 0 Å². The fraction of sp³-hybridized carbons (Fsp3) is 0.571. The van der Waals surface area contributed by atoms with Gasteiger partial charge in [0.25, 0.3) is 0 Å². The molecule has 0 amide bonds. The molecule has 16 heavy (non-hydrogen) atoms. The zero-order valence-electron chi connectivity index (χ0n) is 10.5. The van der Waals surface area contributed by atoms with Gasteiger partial charge in [0.1, 0.15) is 0 Å². The van der Waals surface area contributed by atoms with Gasteiger partial charge < -0.3 is 4.90 Å². The number of likely N-dealkylation sites (tertiary alicyclic amines) is 1. The first-order valence-electron chi connectivity index (χ1n) is 6.31. The minimum Gasteiger partial charge on any atom is -0.306 e. The van der Waals surface area contributed by atoms with Gasteiger partial charge in [-0.3, -0.25) is 0 Å². The molecule has 1 aliphatic rings. The van der Waals surface area contributed by atoms with Crippen molar-refractivity contribution in [3.05, 3.63) is 38.0 Å².